The number of aryl methyl sites for hydroxylation is 1. The minimum absolute atomic E-state index is 0.716. The molecule has 15 heavy (non-hydrogen) atoms. The van der Waals surface area contributed by atoms with Crippen molar-refractivity contribution in [2.45, 2.75) is 6.92 Å². The van der Waals surface area contributed by atoms with E-state index in [4.69, 9.17) is 0 Å². The van der Waals surface area contributed by atoms with Crippen molar-refractivity contribution in [1.29, 1.82) is 0 Å². The monoisotopic (exact) mass is 199 g/mol. The van der Waals surface area contributed by atoms with Gasteiger partial charge in [0.25, 0.3) is 0 Å². The second kappa shape index (κ2) is 2.70. The van der Waals surface area contributed by atoms with E-state index in [9.17, 15) is 5.21 Å². The summed E-state index contributed by atoms with van der Waals surface area (Å²) in [6, 6.07) is 7.58. The Morgan fingerprint density at radius 3 is 2.87 bits per heavy atom. The van der Waals surface area contributed by atoms with Gasteiger partial charge < -0.3 is 5.21 Å². The van der Waals surface area contributed by atoms with E-state index in [0.29, 0.717) is 5.69 Å². The molecule has 0 spiro atoms. The summed E-state index contributed by atoms with van der Waals surface area (Å²) in [5.41, 5.74) is 2.30. The first-order chi connectivity index (χ1) is 7.25. The first-order valence-electron chi connectivity index (χ1n) is 4.69. The fourth-order valence-electron chi connectivity index (χ4n) is 1.82. The van der Waals surface area contributed by atoms with Crippen molar-refractivity contribution in [3.05, 3.63) is 36.3 Å². The lowest BCUT2D eigenvalue weighted by molar-refractivity contribution is 0.198. The summed E-state index contributed by atoms with van der Waals surface area (Å²) in [4.78, 5) is 8.58. The zero-order valence-electron chi connectivity index (χ0n) is 8.18. The predicted molar refractivity (Wildman–Crippen MR) is 56.1 cm³/mol. The fourth-order valence-corrected chi connectivity index (χ4v) is 1.82. The molecular formula is C11H9N3O. The molecule has 0 bridgehead atoms. The molecule has 0 unspecified atom stereocenters. The van der Waals surface area contributed by atoms with Crippen LogP contribution in [-0.4, -0.2) is 19.9 Å². The molecule has 4 heteroatoms. The number of para-hydroxylation sites is 1. The Balaban J connectivity index is 2.57. The Hall–Kier alpha value is -2.10. The molecule has 0 saturated heterocycles. The minimum Gasteiger partial charge on any atom is -0.428 e. The highest BCUT2D eigenvalue weighted by Gasteiger charge is 2.14. The van der Waals surface area contributed by atoms with Gasteiger partial charge in [0.2, 0.25) is 0 Å². The number of hydrogen-bond acceptors (Lipinski definition) is 3. The van der Waals surface area contributed by atoms with Crippen molar-refractivity contribution in [3.8, 4) is 11.4 Å². The molecule has 0 aliphatic carbocycles. The van der Waals surface area contributed by atoms with Crippen LogP contribution in [0.2, 0.25) is 0 Å². The Morgan fingerprint density at radius 1 is 1.20 bits per heavy atom. The van der Waals surface area contributed by atoms with E-state index in [1.807, 2.05) is 31.2 Å². The van der Waals surface area contributed by atoms with E-state index in [0.717, 1.165) is 27.2 Å². The van der Waals surface area contributed by atoms with Gasteiger partial charge in [-0.15, -0.1) is 0 Å². The Labute approximate surface area is 86.1 Å². The summed E-state index contributed by atoms with van der Waals surface area (Å²) in [7, 11) is 0. The average molecular weight is 199 g/mol. The van der Waals surface area contributed by atoms with E-state index in [1.165, 1.54) is 0 Å². The number of rotatable bonds is 0. The molecule has 2 heterocycles. The fraction of sp³-hybridized carbons (Fsp3) is 0.0909. The summed E-state index contributed by atoms with van der Waals surface area (Å²) in [6.45, 7) is 1.84. The second-order valence-corrected chi connectivity index (χ2v) is 3.50. The van der Waals surface area contributed by atoms with E-state index in [1.54, 1.807) is 6.20 Å². The molecule has 2 aliphatic heterocycles. The molecule has 0 aromatic heterocycles. The Bertz CT molecular complexity index is 615. The third-order valence-corrected chi connectivity index (χ3v) is 2.45. The molecule has 0 radical (unpaired) electrons. The number of benzene rings is 1. The maximum Gasteiger partial charge on any atom is 0.126 e. The van der Waals surface area contributed by atoms with Gasteiger partial charge in [-0.1, -0.05) is 18.2 Å². The second-order valence-electron chi connectivity index (χ2n) is 3.50. The number of fused-ring (bicyclic) bond motifs is 3. The van der Waals surface area contributed by atoms with E-state index < -0.39 is 0 Å². The van der Waals surface area contributed by atoms with Crippen molar-refractivity contribution >= 4 is 10.9 Å². The van der Waals surface area contributed by atoms with Crippen molar-refractivity contribution in [2.24, 2.45) is 0 Å². The predicted octanol–water partition coefficient (Wildman–Crippen LogP) is 2.08. The zero-order chi connectivity index (χ0) is 10.4. The van der Waals surface area contributed by atoms with Crippen LogP contribution in [0.5, 0.6) is 0 Å². The van der Waals surface area contributed by atoms with Crippen LogP contribution >= 0.6 is 0 Å². The van der Waals surface area contributed by atoms with Crippen molar-refractivity contribution < 1.29 is 5.21 Å². The molecular weight excluding hydrogens is 190 g/mol. The molecule has 3 rings (SSSR count). The zero-order valence-corrected chi connectivity index (χ0v) is 8.18. The van der Waals surface area contributed by atoms with Gasteiger partial charge in [-0.3, -0.25) is 0 Å². The molecule has 0 amide bonds. The Morgan fingerprint density at radius 2 is 2.00 bits per heavy atom. The number of aromatic nitrogens is 3. The molecule has 1 N–H and O–H groups in total. The molecule has 0 atom stereocenters. The van der Waals surface area contributed by atoms with Gasteiger partial charge in [0.15, 0.2) is 0 Å². The molecule has 74 valence electrons. The van der Waals surface area contributed by atoms with E-state index in [2.05, 4.69) is 9.97 Å². The van der Waals surface area contributed by atoms with Crippen LogP contribution in [0, 0.1) is 6.92 Å². The first kappa shape index (κ1) is 8.23. The van der Waals surface area contributed by atoms with E-state index in [-0.39, 0.29) is 0 Å². The molecule has 1 aromatic rings. The summed E-state index contributed by atoms with van der Waals surface area (Å²) in [5.74, 6) is 0.723. The molecule has 0 saturated carbocycles. The van der Waals surface area contributed by atoms with Crippen LogP contribution in [-0.2, 0) is 0 Å². The van der Waals surface area contributed by atoms with Gasteiger partial charge in [-0.25, -0.2) is 9.97 Å². The molecule has 0 fully saturated rings. The van der Waals surface area contributed by atoms with Crippen LogP contribution in [0.1, 0.15) is 5.82 Å². The molecule has 1 aromatic carbocycles. The van der Waals surface area contributed by atoms with Crippen molar-refractivity contribution in [2.75, 3.05) is 0 Å². The number of hydrogen-bond donors (Lipinski definition) is 1. The lowest BCUT2D eigenvalue weighted by Crippen LogP contribution is -1.97. The highest BCUT2D eigenvalue weighted by Crippen LogP contribution is 2.27. The SMILES string of the molecule is Cc1nc2cn(O)c3ccccc3c-2n1. The third-order valence-electron chi connectivity index (χ3n) is 2.45. The van der Waals surface area contributed by atoms with Crippen molar-refractivity contribution in [1.82, 2.24) is 14.7 Å². The van der Waals surface area contributed by atoms with Gasteiger partial charge in [0.1, 0.15) is 17.2 Å². The number of nitrogens with zero attached hydrogens (tertiary/aromatic N) is 3. The summed E-state index contributed by atoms with van der Waals surface area (Å²) < 4.78 is 1.09. The van der Waals surface area contributed by atoms with E-state index >= 15 is 0 Å². The molecule has 2 aliphatic rings. The van der Waals surface area contributed by atoms with Crippen LogP contribution in [0.15, 0.2) is 30.5 Å². The van der Waals surface area contributed by atoms with Crippen LogP contribution in [0.3, 0.4) is 0 Å². The lowest BCUT2D eigenvalue weighted by Gasteiger charge is -2.06. The van der Waals surface area contributed by atoms with Crippen LogP contribution in [0.25, 0.3) is 22.3 Å². The third kappa shape index (κ3) is 1.08. The van der Waals surface area contributed by atoms with Gasteiger partial charge in [-0.2, -0.15) is 4.73 Å². The van der Waals surface area contributed by atoms with Crippen molar-refractivity contribution in [3.63, 3.8) is 0 Å². The first-order valence-corrected chi connectivity index (χ1v) is 4.69. The Kier molecular flexibility index (Phi) is 1.48. The maximum atomic E-state index is 9.73. The van der Waals surface area contributed by atoms with Gasteiger partial charge in [0, 0.05) is 5.39 Å². The highest BCUT2D eigenvalue weighted by atomic mass is 16.5. The smallest absolute Gasteiger partial charge is 0.126 e. The summed E-state index contributed by atoms with van der Waals surface area (Å²) in [5, 5.41) is 10.6. The van der Waals surface area contributed by atoms with Crippen LogP contribution in [0.4, 0.5) is 0 Å². The summed E-state index contributed by atoms with van der Waals surface area (Å²) >= 11 is 0. The lowest BCUT2D eigenvalue weighted by atomic mass is 10.1. The van der Waals surface area contributed by atoms with Gasteiger partial charge >= 0.3 is 0 Å². The van der Waals surface area contributed by atoms with Gasteiger partial charge in [0.05, 0.1) is 11.7 Å². The van der Waals surface area contributed by atoms with Crippen LogP contribution < -0.4 is 0 Å². The highest BCUT2D eigenvalue weighted by molar-refractivity contribution is 5.92. The minimum atomic E-state index is 0.716. The van der Waals surface area contributed by atoms with Gasteiger partial charge in [-0.05, 0) is 13.0 Å². The maximum absolute atomic E-state index is 9.73. The normalized spacial score (nSPS) is 11.3. The summed E-state index contributed by atoms with van der Waals surface area (Å²) in [6.07, 6.45) is 1.58. The quantitative estimate of drug-likeness (QED) is 0.564. The number of imidazole rings is 1. The molecule has 4 nitrogen and oxygen atoms in total. The topological polar surface area (TPSA) is 50.9 Å². The standard InChI is InChI=1S/C11H9N3O/c1-7-12-9-6-14(15)10-5-3-2-4-8(10)11(9)13-7/h2-6,15H,1H3. The number of pyridine rings is 1. The largest absolute Gasteiger partial charge is 0.428 e. The average Bonchev–Trinajstić information content (AvgIpc) is 2.59.